The number of pyridine rings is 1. The van der Waals surface area contributed by atoms with Crippen molar-refractivity contribution in [3.8, 4) is 0 Å². The van der Waals surface area contributed by atoms with Gasteiger partial charge in [-0.2, -0.15) is 0 Å². The van der Waals surface area contributed by atoms with E-state index in [0.29, 0.717) is 11.4 Å². The van der Waals surface area contributed by atoms with Gasteiger partial charge in [-0.1, -0.05) is 36.4 Å². The molecule has 2 aliphatic rings. The number of carbonyl (C=O) groups excluding carboxylic acids is 2. The standard InChI is InChI=1S/C24H24N4O2/c29-23(28-13-5-7-16-6-1-4-10-21(16)28)15-25-22-14-19(24(30)26-17-11-12-17)18-8-2-3-9-20(18)27-22/h1-4,6,8-10,14,17H,5,7,11-13,15H2,(H,25,27)(H,26,30). The first-order chi connectivity index (χ1) is 14.7. The van der Waals surface area contributed by atoms with Crippen LogP contribution in [-0.4, -0.2) is 35.9 Å². The Morgan fingerprint density at radius 1 is 1.07 bits per heavy atom. The lowest BCUT2D eigenvalue weighted by molar-refractivity contribution is -0.117. The van der Waals surface area contributed by atoms with Crippen molar-refractivity contribution < 1.29 is 9.59 Å². The van der Waals surface area contributed by atoms with E-state index < -0.39 is 0 Å². The molecule has 152 valence electrons. The van der Waals surface area contributed by atoms with Crippen LogP contribution in [0.4, 0.5) is 11.5 Å². The minimum atomic E-state index is -0.0876. The van der Waals surface area contributed by atoms with Crippen molar-refractivity contribution in [2.75, 3.05) is 23.3 Å². The maximum Gasteiger partial charge on any atom is 0.252 e. The third-order valence-corrected chi connectivity index (χ3v) is 5.71. The van der Waals surface area contributed by atoms with Crippen LogP contribution in [0.5, 0.6) is 0 Å². The van der Waals surface area contributed by atoms with Gasteiger partial charge in [-0.25, -0.2) is 4.98 Å². The molecule has 2 N–H and O–H groups in total. The van der Waals surface area contributed by atoms with Crippen molar-refractivity contribution in [1.82, 2.24) is 10.3 Å². The molecule has 2 amide bonds. The predicted molar refractivity (Wildman–Crippen MR) is 118 cm³/mol. The highest BCUT2D eigenvalue weighted by atomic mass is 16.2. The van der Waals surface area contributed by atoms with Crippen molar-refractivity contribution in [3.05, 3.63) is 65.7 Å². The van der Waals surface area contributed by atoms with E-state index in [1.807, 2.05) is 47.4 Å². The summed E-state index contributed by atoms with van der Waals surface area (Å²) in [5, 5.41) is 7.01. The van der Waals surface area contributed by atoms with Crippen molar-refractivity contribution >= 4 is 34.2 Å². The number of anilines is 2. The average molecular weight is 400 g/mol. The Hall–Kier alpha value is -3.41. The van der Waals surface area contributed by atoms with Crippen LogP contribution in [0.1, 0.15) is 35.2 Å². The van der Waals surface area contributed by atoms with Gasteiger partial charge in [-0.15, -0.1) is 0 Å². The summed E-state index contributed by atoms with van der Waals surface area (Å²) in [4.78, 5) is 32.1. The lowest BCUT2D eigenvalue weighted by atomic mass is 10.0. The van der Waals surface area contributed by atoms with Crippen LogP contribution in [0, 0.1) is 0 Å². The second-order valence-corrected chi connectivity index (χ2v) is 7.95. The molecule has 3 aromatic rings. The summed E-state index contributed by atoms with van der Waals surface area (Å²) >= 11 is 0. The van der Waals surface area contributed by atoms with Gasteiger partial charge in [0.05, 0.1) is 17.6 Å². The van der Waals surface area contributed by atoms with Crippen molar-refractivity contribution in [2.45, 2.75) is 31.7 Å². The molecule has 0 saturated heterocycles. The number of hydrogen-bond acceptors (Lipinski definition) is 4. The fourth-order valence-corrected chi connectivity index (χ4v) is 4.00. The van der Waals surface area contributed by atoms with E-state index in [-0.39, 0.29) is 24.4 Å². The number of nitrogens with one attached hydrogen (secondary N) is 2. The first-order valence-electron chi connectivity index (χ1n) is 10.5. The maximum atomic E-state index is 12.9. The Bertz CT molecular complexity index is 1120. The number of carbonyl (C=O) groups is 2. The molecule has 6 heteroatoms. The fraction of sp³-hybridized carbons (Fsp3) is 0.292. The maximum absolute atomic E-state index is 12.9. The zero-order valence-electron chi connectivity index (χ0n) is 16.7. The van der Waals surface area contributed by atoms with Crippen LogP contribution < -0.4 is 15.5 Å². The number of para-hydroxylation sites is 2. The molecule has 1 aliphatic carbocycles. The number of hydrogen-bond donors (Lipinski definition) is 2. The van der Waals surface area contributed by atoms with Gasteiger partial charge in [0.25, 0.3) is 5.91 Å². The summed E-state index contributed by atoms with van der Waals surface area (Å²) in [6, 6.07) is 17.7. The van der Waals surface area contributed by atoms with Gasteiger partial charge >= 0.3 is 0 Å². The topological polar surface area (TPSA) is 74.3 Å². The third kappa shape index (κ3) is 3.73. The number of aryl methyl sites for hydroxylation is 1. The van der Waals surface area contributed by atoms with Gasteiger partial charge in [-0.3, -0.25) is 9.59 Å². The van der Waals surface area contributed by atoms with E-state index in [4.69, 9.17) is 0 Å². The summed E-state index contributed by atoms with van der Waals surface area (Å²) in [5.41, 5.74) is 3.52. The molecular formula is C24H24N4O2. The van der Waals surface area contributed by atoms with Gasteiger partial charge in [-0.05, 0) is 49.4 Å². The summed E-state index contributed by atoms with van der Waals surface area (Å²) in [6.07, 6.45) is 4.03. The van der Waals surface area contributed by atoms with E-state index in [0.717, 1.165) is 48.8 Å². The number of nitrogens with zero attached hydrogens (tertiary/aromatic N) is 2. The van der Waals surface area contributed by atoms with Crippen LogP contribution in [0.15, 0.2) is 54.6 Å². The molecule has 1 aliphatic heterocycles. The largest absolute Gasteiger partial charge is 0.361 e. The molecule has 0 radical (unpaired) electrons. The second-order valence-electron chi connectivity index (χ2n) is 7.95. The highest BCUT2D eigenvalue weighted by Crippen LogP contribution is 2.27. The Balaban J connectivity index is 1.37. The Kier molecular flexibility index (Phi) is 4.83. The van der Waals surface area contributed by atoms with Gasteiger partial charge in [0.1, 0.15) is 5.82 Å². The molecule has 2 aromatic carbocycles. The predicted octanol–water partition coefficient (Wildman–Crippen LogP) is 3.52. The van der Waals surface area contributed by atoms with Crippen LogP contribution in [-0.2, 0) is 11.2 Å². The molecule has 2 heterocycles. The first kappa shape index (κ1) is 18.6. The summed E-state index contributed by atoms with van der Waals surface area (Å²) in [6.45, 7) is 0.848. The minimum Gasteiger partial charge on any atom is -0.361 e. The quantitative estimate of drug-likeness (QED) is 0.687. The van der Waals surface area contributed by atoms with Crippen LogP contribution in [0.25, 0.3) is 10.9 Å². The van der Waals surface area contributed by atoms with Crippen molar-refractivity contribution in [2.24, 2.45) is 0 Å². The highest BCUT2D eigenvalue weighted by molar-refractivity contribution is 6.07. The van der Waals surface area contributed by atoms with Crippen LogP contribution >= 0.6 is 0 Å². The van der Waals surface area contributed by atoms with Gasteiger partial charge < -0.3 is 15.5 Å². The summed E-state index contributed by atoms with van der Waals surface area (Å²) in [5.74, 6) is 0.449. The lowest BCUT2D eigenvalue weighted by Gasteiger charge is -2.29. The smallest absolute Gasteiger partial charge is 0.252 e. The Morgan fingerprint density at radius 3 is 2.73 bits per heavy atom. The average Bonchev–Trinajstić information content (AvgIpc) is 3.60. The van der Waals surface area contributed by atoms with Crippen LogP contribution in [0.2, 0.25) is 0 Å². The van der Waals surface area contributed by atoms with E-state index in [2.05, 4.69) is 21.7 Å². The molecule has 1 aromatic heterocycles. The Morgan fingerprint density at radius 2 is 1.87 bits per heavy atom. The molecule has 1 saturated carbocycles. The molecule has 0 atom stereocenters. The normalized spacial score (nSPS) is 15.5. The summed E-state index contributed by atoms with van der Waals surface area (Å²) < 4.78 is 0. The summed E-state index contributed by atoms with van der Waals surface area (Å²) in [7, 11) is 0. The molecule has 0 bridgehead atoms. The third-order valence-electron chi connectivity index (χ3n) is 5.71. The molecular weight excluding hydrogens is 376 g/mol. The van der Waals surface area contributed by atoms with Gasteiger partial charge in [0.2, 0.25) is 5.91 Å². The monoisotopic (exact) mass is 400 g/mol. The van der Waals surface area contributed by atoms with E-state index in [9.17, 15) is 9.59 Å². The van der Waals surface area contributed by atoms with Gasteiger partial charge in [0.15, 0.2) is 0 Å². The highest BCUT2D eigenvalue weighted by Gasteiger charge is 2.25. The van der Waals surface area contributed by atoms with E-state index >= 15 is 0 Å². The number of rotatable bonds is 5. The number of fused-ring (bicyclic) bond motifs is 2. The van der Waals surface area contributed by atoms with Gasteiger partial charge in [0, 0.05) is 23.7 Å². The van der Waals surface area contributed by atoms with Crippen molar-refractivity contribution in [1.29, 1.82) is 0 Å². The molecule has 0 spiro atoms. The zero-order valence-corrected chi connectivity index (χ0v) is 16.7. The molecule has 30 heavy (non-hydrogen) atoms. The first-order valence-corrected chi connectivity index (χ1v) is 10.5. The molecule has 6 nitrogen and oxygen atoms in total. The second kappa shape index (κ2) is 7.78. The van der Waals surface area contributed by atoms with Crippen LogP contribution in [0.3, 0.4) is 0 Å². The zero-order chi connectivity index (χ0) is 20.5. The molecule has 1 fully saturated rings. The molecule has 5 rings (SSSR count). The number of aromatic nitrogens is 1. The van der Waals surface area contributed by atoms with Crippen molar-refractivity contribution in [3.63, 3.8) is 0 Å². The lowest BCUT2D eigenvalue weighted by Crippen LogP contribution is -2.39. The number of benzene rings is 2. The minimum absolute atomic E-state index is 0.00101. The Labute approximate surface area is 175 Å². The fourth-order valence-electron chi connectivity index (χ4n) is 4.00. The van der Waals surface area contributed by atoms with E-state index in [1.165, 1.54) is 5.56 Å². The van der Waals surface area contributed by atoms with E-state index in [1.54, 1.807) is 6.07 Å². The number of amides is 2. The SMILES string of the molecule is O=C(NC1CC1)c1cc(NCC(=O)N2CCCc3ccccc32)nc2ccccc12. The molecule has 0 unspecified atom stereocenters.